The number of nitrogens with two attached hydrogens (primary N) is 1. The van der Waals surface area contributed by atoms with Crippen LogP contribution in [0.2, 0.25) is 0 Å². The number of aryl methyl sites for hydroxylation is 1. The van der Waals surface area contributed by atoms with E-state index in [0.717, 1.165) is 13.0 Å². The van der Waals surface area contributed by atoms with Gasteiger partial charge in [-0.15, -0.1) is 0 Å². The van der Waals surface area contributed by atoms with Crippen LogP contribution in [0.4, 0.5) is 0 Å². The van der Waals surface area contributed by atoms with E-state index in [1.54, 1.807) is 0 Å². The predicted octanol–water partition coefficient (Wildman–Crippen LogP) is 0.759. The topological polar surface area (TPSA) is 50.1 Å². The molecule has 0 fully saturated rings. The van der Waals surface area contributed by atoms with Crippen LogP contribution in [0.25, 0.3) is 0 Å². The normalized spacial score (nSPS) is 10.3. The van der Waals surface area contributed by atoms with Crippen molar-refractivity contribution >= 4 is 0 Å². The SMILES string of the molecule is CCc1ccc(CNCNN)cc1. The smallest absolute Gasteiger partial charge is 0.0590 e. The van der Waals surface area contributed by atoms with Gasteiger partial charge >= 0.3 is 0 Å². The van der Waals surface area contributed by atoms with Gasteiger partial charge in [0.2, 0.25) is 0 Å². The molecule has 3 nitrogen and oxygen atoms in total. The van der Waals surface area contributed by atoms with Crippen molar-refractivity contribution in [2.75, 3.05) is 6.67 Å². The highest BCUT2D eigenvalue weighted by molar-refractivity contribution is 5.22. The van der Waals surface area contributed by atoms with Crippen molar-refractivity contribution in [1.82, 2.24) is 10.7 Å². The second-order valence-electron chi connectivity index (χ2n) is 2.98. The highest BCUT2D eigenvalue weighted by Crippen LogP contribution is 2.04. The van der Waals surface area contributed by atoms with Gasteiger partial charge in [-0.3, -0.25) is 11.2 Å². The van der Waals surface area contributed by atoms with E-state index in [0.29, 0.717) is 6.67 Å². The number of nitrogens with one attached hydrogen (secondary N) is 2. The first-order valence-corrected chi connectivity index (χ1v) is 4.58. The van der Waals surface area contributed by atoms with E-state index >= 15 is 0 Å². The Bertz CT molecular complexity index is 230. The lowest BCUT2D eigenvalue weighted by Gasteiger charge is -2.04. The number of hydrogen-bond donors (Lipinski definition) is 3. The average molecular weight is 179 g/mol. The fourth-order valence-electron chi connectivity index (χ4n) is 1.17. The fourth-order valence-corrected chi connectivity index (χ4v) is 1.17. The molecule has 0 atom stereocenters. The van der Waals surface area contributed by atoms with Crippen LogP contribution in [0.5, 0.6) is 0 Å². The minimum Gasteiger partial charge on any atom is -0.299 e. The highest BCUT2D eigenvalue weighted by atomic mass is 15.3. The third-order valence-corrected chi connectivity index (χ3v) is 1.99. The van der Waals surface area contributed by atoms with E-state index in [-0.39, 0.29) is 0 Å². The zero-order valence-corrected chi connectivity index (χ0v) is 8.01. The molecule has 0 spiro atoms. The first-order chi connectivity index (χ1) is 6.36. The predicted molar refractivity (Wildman–Crippen MR) is 54.8 cm³/mol. The lowest BCUT2D eigenvalue weighted by Crippen LogP contribution is -2.33. The molecule has 1 rings (SSSR count). The molecule has 1 aromatic carbocycles. The third-order valence-electron chi connectivity index (χ3n) is 1.99. The van der Waals surface area contributed by atoms with Crippen molar-refractivity contribution in [3.05, 3.63) is 35.4 Å². The molecule has 0 saturated heterocycles. The lowest BCUT2D eigenvalue weighted by atomic mass is 10.1. The molecule has 72 valence electrons. The van der Waals surface area contributed by atoms with Crippen LogP contribution < -0.4 is 16.6 Å². The maximum Gasteiger partial charge on any atom is 0.0590 e. The molecule has 0 aliphatic carbocycles. The molecule has 0 aromatic heterocycles. The Morgan fingerprint density at radius 1 is 1.15 bits per heavy atom. The summed E-state index contributed by atoms with van der Waals surface area (Å²) in [6, 6.07) is 8.60. The molecule has 0 heterocycles. The Labute approximate surface area is 79.3 Å². The van der Waals surface area contributed by atoms with Crippen LogP contribution in [0.1, 0.15) is 18.1 Å². The molecule has 0 aliphatic rings. The summed E-state index contributed by atoms with van der Waals surface area (Å²) in [4.78, 5) is 0. The van der Waals surface area contributed by atoms with Crippen LogP contribution in [0, 0.1) is 0 Å². The van der Waals surface area contributed by atoms with Gasteiger partial charge < -0.3 is 0 Å². The minimum atomic E-state index is 0.634. The summed E-state index contributed by atoms with van der Waals surface area (Å²) in [5, 5.41) is 3.15. The monoisotopic (exact) mass is 179 g/mol. The molecule has 0 radical (unpaired) electrons. The standard InChI is InChI=1S/C10H17N3/c1-2-9-3-5-10(6-4-9)7-12-8-13-11/h3-6,12-13H,2,7-8,11H2,1H3. The Hall–Kier alpha value is -0.900. The lowest BCUT2D eigenvalue weighted by molar-refractivity contribution is 0.601. The van der Waals surface area contributed by atoms with Crippen molar-refractivity contribution in [3.8, 4) is 0 Å². The molecular weight excluding hydrogens is 162 g/mol. The summed E-state index contributed by atoms with van der Waals surface area (Å²) < 4.78 is 0. The van der Waals surface area contributed by atoms with Gasteiger partial charge in [0, 0.05) is 6.54 Å². The molecule has 1 aromatic rings. The highest BCUT2D eigenvalue weighted by Gasteiger charge is 1.91. The van der Waals surface area contributed by atoms with Crippen molar-refractivity contribution in [1.29, 1.82) is 0 Å². The summed E-state index contributed by atoms with van der Waals surface area (Å²) in [5.41, 5.74) is 5.21. The average Bonchev–Trinajstić information content (AvgIpc) is 2.19. The maximum absolute atomic E-state index is 5.13. The van der Waals surface area contributed by atoms with E-state index in [9.17, 15) is 0 Å². The number of hydrogen-bond acceptors (Lipinski definition) is 3. The molecule has 4 N–H and O–H groups in total. The molecule has 3 heteroatoms. The van der Waals surface area contributed by atoms with Crippen LogP contribution in [-0.2, 0) is 13.0 Å². The zero-order chi connectivity index (χ0) is 9.52. The summed E-state index contributed by atoms with van der Waals surface area (Å²) >= 11 is 0. The van der Waals surface area contributed by atoms with Gasteiger partial charge in [-0.25, -0.2) is 5.43 Å². The first-order valence-electron chi connectivity index (χ1n) is 4.58. The summed E-state index contributed by atoms with van der Waals surface area (Å²) in [5.74, 6) is 5.13. The number of benzene rings is 1. The van der Waals surface area contributed by atoms with E-state index in [2.05, 4.69) is 41.9 Å². The van der Waals surface area contributed by atoms with Gasteiger partial charge in [0.05, 0.1) is 6.67 Å². The summed E-state index contributed by atoms with van der Waals surface area (Å²) in [6.45, 7) is 3.65. The number of rotatable bonds is 5. The van der Waals surface area contributed by atoms with Crippen molar-refractivity contribution in [2.45, 2.75) is 19.9 Å². The molecule has 0 saturated carbocycles. The van der Waals surface area contributed by atoms with Gasteiger partial charge in [-0.2, -0.15) is 0 Å². The second kappa shape index (κ2) is 5.70. The molecule has 0 bridgehead atoms. The van der Waals surface area contributed by atoms with Crippen LogP contribution in [0.15, 0.2) is 24.3 Å². The third kappa shape index (κ3) is 3.55. The largest absolute Gasteiger partial charge is 0.299 e. The second-order valence-corrected chi connectivity index (χ2v) is 2.98. The fraction of sp³-hybridized carbons (Fsp3) is 0.400. The summed E-state index contributed by atoms with van der Waals surface area (Å²) in [6.07, 6.45) is 1.10. The molecule has 0 unspecified atom stereocenters. The van der Waals surface area contributed by atoms with Gasteiger partial charge in [-0.05, 0) is 17.5 Å². The van der Waals surface area contributed by atoms with E-state index in [4.69, 9.17) is 5.84 Å². The van der Waals surface area contributed by atoms with E-state index in [1.165, 1.54) is 11.1 Å². The minimum absolute atomic E-state index is 0.634. The van der Waals surface area contributed by atoms with Gasteiger partial charge in [0.1, 0.15) is 0 Å². The molecule has 13 heavy (non-hydrogen) atoms. The zero-order valence-electron chi connectivity index (χ0n) is 8.01. The molecule has 0 aliphatic heterocycles. The maximum atomic E-state index is 5.13. The summed E-state index contributed by atoms with van der Waals surface area (Å²) in [7, 11) is 0. The van der Waals surface area contributed by atoms with E-state index in [1.807, 2.05) is 0 Å². The van der Waals surface area contributed by atoms with Crippen molar-refractivity contribution < 1.29 is 0 Å². The van der Waals surface area contributed by atoms with Crippen LogP contribution in [-0.4, -0.2) is 6.67 Å². The van der Waals surface area contributed by atoms with Gasteiger partial charge in [0.25, 0.3) is 0 Å². The Morgan fingerprint density at radius 2 is 1.77 bits per heavy atom. The van der Waals surface area contributed by atoms with Gasteiger partial charge in [0.15, 0.2) is 0 Å². The molecular formula is C10H17N3. The van der Waals surface area contributed by atoms with Crippen molar-refractivity contribution in [3.63, 3.8) is 0 Å². The quantitative estimate of drug-likeness (QED) is 0.271. The number of hydrazine groups is 1. The van der Waals surface area contributed by atoms with Gasteiger partial charge in [-0.1, -0.05) is 31.2 Å². The van der Waals surface area contributed by atoms with Crippen molar-refractivity contribution in [2.24, 2.45) is 5.84 Å². The Kier molecular flexibility index (Phi) is 4.46. The van der Waals surface area contributed by atoms with E-state index < -0.39 is 0 Å². The van der Waals surface area contributed by atoms with Crippen LogP contribution >= 0.6 is 0 Å². The van der Waals surface area contributed by atoms with Crippen LogP contribution in [0.3, 0.4) is 0 Å². The Morgan fingerprint density at radius 3 is 2.31 bits per heavy atom. The molecule has 0 amide bonds. The Balaban J connectivity index is 2.40. The first kappa shape index (κ1) is 10.2.